The Hall–Kier alpha value is -2.82. The van der Waals surface area contributed by atoms with E-state index in [9.17, 15) is 8.78 Å². The van der Waals surface area contributed by atoms with Gasteiger partial charge < -0.3 is 4.52 Å². The van der Waals surface area contributed by atoms with Gasteiger partial charge in [0.2, 0.25) is 5.82 Å². The molecule has 5 heteroatoms. The van der Waals surface area contributed by atoms with Gasteiger partial charge in [-0.25, -0.2) is 8.78 Å². The predicted octanol–water partition coefficient (Wildman–Crippen LogP) is 4.58. The lowest BCUT2D eigenvalue weighted by molar-refractivity contribution is 0.410. The first-order chi connectivity index (χ1) is 10.6. The molecule has 110 valence electrons. The molecule has 0 atom stereocenters. The van der Waals surface area contributed by atoms with Crippen LogP contribution in [0.15, 0.2) is 53.1 Å². The summed E-state index contributed by atoms with van der Waals surface area (Å²) in [5.74, 6) is -1.37. The molecule has 3 aromatic rings. The number of halogens is 2. The van der Waals surface area contributed by atoms with Crippen molar-refractivity contribution >= 4 is 11.6 Å². The minimum absolute atomic E-state index is 0.109. The second kappa shape index (κ2) is 5.89. The largest absolute Gasteiger partial charge is 0.334 e. The molecule has 0 unspecified atom stereocenters. The highest BCUT2D eigenvalue weighted by Gasteiger charge is 2.16. The molecule has 0 saturated carbocycles. The van der Waals surface area contributed by atoms with E-state index in [1.165, 1.54) is 6.07 Å². The SMILES string of the molecule is C/C(=C\c1nc(-c2c(F)cccc2F)no1)c1ccccc1. The van der Waals surface area contributed by atoms with Crippen LogP contribution < -0.4 is 0 Å². The lowest BCUT2D eigenvalue weighted by Crippen LogP contribution is -1.91. The van der Waals surface area contributed by atoms with Crippen LogP contribution in [-0.2, 0) is 0 Å². The molecule has 0 amide bonds. The third-order valence-corrected chi connectivity index (χ3v) is 3.20. The molecule has 0 bridgehead atoms. The lowest BCUT2D eigenvalue weighted by atomic mass is 10.1. The molecule has 0 aliphatic carbocycles. The molecule has 22 heavy (non-hydrogen) atoms. The molecule has 0 aliphatic heterocycles. The van der Waals surface area contributed by atoms with Gasteiger partial charge in [-0.15, -0.1) is 0 Å². The number of hydrogen-bond acceptors (Lipinski definition) is 3. The number of benzene rings is 2. The summed E-state index contributed by atoms with van der Waals surface area (Å²) >= 11 is 0. The summed E-state index contributed by atoms with van der Waals surface area (Å²) in [7, 11) is 0. The van der Waals surface area contributed by atoms with Gasteiger partial charge in [0, 0.05) is 6.08 Å². The Bertz CT molecular complexity index is 805. The maximum absolute atomic E-state index is 13.7. The van der Waals surface area contributed by atoms with Gasteiger partial charge in [-0.05, 0) is 30.2 Å². The average molecular weight is 298 g/mol. The third-order valence-electron chi connectivity index (χ3n) is 3.20. The van der Waals surface area contributed by atoms with Gasteiger partial charge in [-0.3, -0.25) is 0 Å². The molecular weight excluding hydrogens is 286 g/mol. The van der Waals surface area contributed by atoms with E-state index in [1.54, 1.807) is 6.08 Å². The van der Waals surface area contributed by atoms with Crippen LogP contribution in [0.1, 0.15) is 18.4 Å². The molecule has 1 heterocycles. The van der Waals surface area contributed by atoms with Crippen molar-refractivity contribution in [1.29, 1.82) is 0 Å². The van der Waals surface area contributed by atoms with Gasteiger partial charge in [-0.1, -0.05) is 41.6 Å². The Balaban J connectivity index is 1.95. The van der Waals surface area contributed by atoms with Gasteiger partial charge in [0.05, 0.1) is 5.56 Å². The van der Waals surface area contributed by atoms with E-state index in [-0.39, 0.29) is 17.3 Å². The van der Waals surface area contributed by atoms with Crippen LogP contribution in [0.25, 0.3) is 23.0 Å². The summed E-state index contributed by atoms with van der Waals surface area (Å²) in [6.45, 7) is 1.89. The van der Waals surface area contributed by atoms with Crippen LogP contribution in [0.4, 0.5) is 8.78 Å². The molecule has 0 aliphatic rings. The average Bonchev–Trinajstić information content (AvgIpc) is 2.96. The molecule has 2 aromatic carbocycles. The second-order valence-corrected chi connectivity index (χ2v) is 4.75. The minimum Gasteiger partial charge on any atom is -0.334 e. The first kappa shape index (κ1) is 14.1. The zero-order chi connectivity index (χ0) is 15.5. The topological polar surface area (TPSA) is 38.9 Å². The quantitative estimate of drug-likeness (QED) is 0.710. The van der Waals surface area contributed by atoms with Crippen molar-refractivity contribution in [3.63, 3.8) is 0 Å². The van der Waals surface area contributed by atoms with Crippen LogP contribution in [0.5, 0.6) is 0 Å². The monoisotopic (exact) mass is 298 g/mol. The highest BCUT2D eigenvalue weighted by molar-refractivity contribution is 5.78. The smallest absolute Gasteiger partial charge is 0.251 e. The van der Waals surface area contributed by atoms with Gasteiger partial charge in [-0.2, -0.15) is 4.98 Å². The van der Waals surface area contributed by atoms with E-state index in [4.69, 9.17) is 4.52 Å². The second-order valence-electron chi connectivity index (χ2n) is 4.75. The number of rotatable bonds is 3. The van der Waals surface area contributed by atoms with Crippen LogP contribution in [-0.4, -0.2) is 10.1 Å². The first-order valence-corrected chi connectivity index (χ1v) is 6.67. The fourth-order valence-electron chi connectivity index (χ4n) is 2.08. The number of aromatic nitrogens is 2. The fraction of sp³-hybridized carbons (Fsp3) is 0.0588. The molecule has 0 fully saturated rings. The maximum atomic E-state index is 13.7. The summed E-state index contributed by atoms with van der Waals surface area (Å²) in [4.78, 5) is 4.03. The highest BCUT2D eigenvalue weighted by Crippen LogP contribution is 2.24. The van der Waals surface area contributed by atoms with Gasteiger partial charge in [0.25, 0.3) is 5.89 Å². The Morgan fingerprint density at radius 2 is 1.68 bits per heavy atom. The van der Waals surface area contributed by atoms with E-state index < -0.39 is 11.6 Å². The lowest BCUT2D eigenvalue weighted by Gasteiger charge is -1.98. The number of nitrogens with zero attached hydrogens (tertiary/aromatic N) is 2. The van der Waals surface area contributed by atoms with Crippen molar-refractivity contribution in [2.75, 3.05) is 0 Å². The summed E-state index contributed by atoms with van der Waals surface area (Å²) < 4.78 is 32.4. The fourth-order valence-corrected chi connectivity index (χ4v) is 2.08. The molecule has 0 N–H and O–H groups in total. The van der Waals surface area contributed by atoms with Crippen LogP contribution >= 0.6 is 0 Å². The van der Waals surface area contributed by atoms with Gasteiger partial charge in [0.15, 0.2) is 0 Å². The van der Waals surface area contributed by atoms with E-state index >= 15 is 0 Å². The Labute approximate surface area is 125 Å². The van der Waals surface area contributed by atoms with Crippen molar-refractivity contribution in [2.45, 2.75) is 6.92 Å². The highest BCUT2D eigenvalue weighted by atomic mass is 19.1. The zero-order valence-corrected chi connectivity index (χ0v) is 11.8. The van der Waals surface area contributed by atoms with Crippen molar-refractivity contribution in [3.05, 3.63) is 71.6 Å². The molecular formula is C17H12F2N2O. The summed E-state index contributed by atoms with van der Waals surface area (Å²) in [6.07, 6.45) is 1.67. The van der Waals surface area contributed by atoms with E-state index in [2.05, 4.69) is 10.1 Å². The molecule has 1 aromatic heterocycles. The van der Waals surface area contributed by atoms with Gasteiger partial charge >= 0.3 is 0 Å². The maximum Gasteiger partial charge on any atom is 0.251 e. The first-order valence-electron chi connectivity index (χ1n) is 6.67. The number of allylic oxidation sites excluding steroid dienone is 1. The summed E-state index contributed by atoms with van der Waals surface area (Å²) in [5, 5.41) is 3.64. The van der Waals surface area contributed by atoms with Crippen molar-refractivity contribution in [3.8, 4) is 11.4 Å². The van der Waals surface area contributed by atoms with Crippen molar-refractivity contribution in [2.24, 2.45) is 0 Å². The van der Waals surface area contributed by atoms with Crippen LogP contribution in [0.3, 0.4) is 0 Å². The van der Waals surface area contributed by atoms with Crippen LogP contribution in [0, 0.1) is 11.6 Å². The van der Waals surface area contributed by atoms with E-state index in [1.807, 2.05) is 37.3 Å². The zero-order valence-electron chi connectivity index (χ0n) is 11.8. The normalized spacial score (nSPS) is 11.7. The standard InChI is InChI=1S/C17H12F2N2O/c1-11(12-6-3-2-4-7-12)10-15-20-17(21-22-15)16-13(18)8-5-9-14(16)19/h2-10H,1H3/b11-10+. The molecule has 0 saturated heterocycles. The molecule has 3 rings (SSSR count). The molecule has 0 spiro atoms. The Kier molecular flexibility index (Phi) is 3.78. The Morgan fingerprint density at radius 1 is 1.00 bits per heavy atom. The predicted molar refractivity (Wildman–Crippen MR) is 79.6 cm³/mol. The van der Waals surface area contributed by atoms with Crippen LogP contribution in [0.2, 0.25) is 0 Å². The summed E-state index contributed by atoms with van der Waals surface area (Å²) in [5.41, 5.74) is 1.62. The molecule has 0 radical (unpaired) electrons. The minimum atomic E-state index is -0.726. The van der Waals surface area contributed by atoms with Gasteiger partial charge in [0.1, 0.15) is 11.6 Å². The van der Waals surface area contributed by atoms with Crippen molar-refractivity contribution < 1.29 is 13.3 Å². The Morgan fingerprint density at radius 3 is 2.36 bits per heavy atom. The van der Waals surface area contributed by atoms with Crippen molar-refractivity contribution in [1.82, 2.24) is 10.1 Å². The summed E-state index contributed by atoms with van der Waals surface area (Å²) in [6, 6.07) is 13.2. The number of hydrogen-bond donors (Lipinski definition) is 0. The molecule has 3 nitrogen and oxygen atoms in total. The van der Waals surface area contributed by atoms with E-state index in [0.29, 0.717) is 0 Å². The third kappa shape index (κ3) is 2.79. The van der Waals surface area contributed by atoms with E-state index in [0.717, 1.165) is 23.3 Å².